The number of halogens is 1. The van der Waals surface area contributed by atoms with Crippen molar-refractivity contribution < 1.29 is 19.4 Å². The van der Waals surface area contributed by atoms with Crippen LogP contribution in [0.2, 0.25) is 5.02 Å². The lowest BCUT2D eigenvalue weighted by Gasteiger charge is -2.30. The first-order valence-electron chi connectivity index (χ1n) is 7.05. The second kappa shape index (κ2) is 5.76. The van der Waals surface area contributed by atoms with Crippen molar-refractivity contribution in [2.24, 2.45) is 0 Å². The van der Waals surface area contributed by atoms with Gasteiger partial charge in [-0.05, 0) is 26.7 Å². The molecule has 0 amide bonds. The van der Waals surface area contributed by atoms with Crippen LogP contribution in [0.4, 0.5) is 0 Å². The number of ether oxygens (including phenoxy) is 2. The lowest BCUT2D eigenvalue weighted by Crippen LogP contribution is -2.34. The molecule has 0 saturated heterocycles. The zero-order valence-corrected chi connectivity index (χ0v) is 13.6. The Morgan fingerprint density at radius 2 is 1.62 bits per heavy atom. The molecular weight excluding hydrogens is 292 g/mol. The van der Waals surface area contributed by atoms with Crippen molar-refractivity contribution in [3.8, 4) is 11.5 Å². The second-order valence-electron chi connectivity index (χ2n) is 5.60. The van der Waals surface area contributed by atoms with Gasteiger partial charge in [-0.25, -0.2) is 0 Å². The number of carboxylic acid groups (broad SMARTS) is 1. The van der Waals surface area contributed by atoms with Crippen LogP contribution in [0.3, 0.4) is 0 Å². The van der Waals surface area contributed by atoms with Gasteiger partial charge in [0.1, 0.15) is 11.5 Å². The molecule has 0 unspecified atom stereocenters. The molecule has 1 aliphatic rings. The van der Waals surface area contributed by atoms with Crippen molar-refractivity contribution in [2.45, 2.75) is 44.9 Å². The average Bonchev–Trinajstić information content (AvgIpc) is 2.93. The molecular formula is C16H21ClO4. The van der Waals surface area contributed by atoms with E-state index in [0.717, 1.165) is 24.0 Å². The standard InChI is InChI=1S/C16H21ClO4/c1-9-11(16(15(18)19)7-5-6-8-16)13(20-3)10(2)12(17)14(9)21-4/h5-8H2,1-4H3,(H,18,19). The van der Waals surface area contributed by atoms with Crippen LogP contribution in [-0.4, -0.2) is 25.3 Å². The summed E-state index contributed by atoms with van der Waals surface area (Å²) in [6.45, 7) is 3.68. The summed E-state index contributed by atoms with van der Waals surface area (Å²) >= 11 is 6.33. The first-order valence-corrected chi connectivity index (χ1v) is 7.43. The molecule has 0 atom stereocenters. The van der Waals surface area contributed by atoms with Crippen molar-refractivity contribution in [3.63, 3.8) is 0 Å². The van der Waals surface area contributed by atoms with Crippen LogP contribution >= 0.6 is 11.6 Å². The summed E-state index contributed by atoms with van der Waals surface area (Å²) in [5.74, 6) is 0.310. The van der Waals surface area contributed by atoms with Gasteiger partial charge in [0, 0.05) is 16.7 Å². The number of hydrogen-bond acceptors (Lipinski definition) is 3. The largest absolute Gasteiger partial charge is 0.496 e. The van der Waals surface area contributed by atoms with E-state index in [9.17, 15) is 9.90 Å². The highest BCUT2D eigenvalue weighted by atomic mass is 35.5. The lowest BCUT2D eigenvalue weighted by atomic mass is 9.75. The Kier molecular flexibility index (Phi) is 4.38. The maximum atomic E-state index is 12.0. The van der Waals surface area contributed by atoms with Crippen molar-refractivity contribution >= 4 is 17.6 Å². The topological polar surface area (TPSA) is 55.8 Å². The maximum absolute atomic E-state index is 12.0. The SMILES string of the molecule is COc1c(C)c(C2(C(=O)O)CCCC2)c(OC)c(C)c1Cl. The Bertz CT molecular complexity index is 574. The summed E-state index contributed by atoms with van der Waals surface area (Å²) in [6, 6.07) is 0. The molecule has 0 heterocycles. The van der Waals surface area contributed by atoms with Crippen LogP contribution in [-0.2, 0) is 10.2 Å². The lowest BCUT2D eigenvalue weighted by molar-refractivity contribution is -0.143. The molecule has 116 valence electrons. The van der Waals surface area contributed by atoms with E-state index in [4.69, 9.17) is 21.1 Å². The van der Waals surface area contributed by atoms with Gasteiger partial charge in [0.05, 0.1) is 24.7 Å². The quantitative estimate of drug-likeness (QED) is 0.917. The van der Waals surface area contributed by atoms with E-state index >= 15 is 0 Å². The van der Waals surface area contributed by atoms with Crippen molar-refractivity contribution in [3.05, 3.63) is 21.7 Å². The fourth-order valence-corrected chi connectivity index (χ4v) is 3.83. The smallest absolute Gasteiger partial charge is 0.314 e. The maximum Gasteiger partial charge on any atom is 0.314 e. The molecule has 1 aliphatic carbocycles. The van der Waals surface area contributed by atoms with Gasteiger partial charge in [-0.3, -0.25) is 4.79 Å². The van der Waals surface area contributed by atoms with Crippen molar-refractivity contribution in [2.75, 3.05) is 14.2 Å². The van der Waals surface area contributed by atoms with E-state index in [1.54, 1.807) is 14.2 Å². The summed E-state index contributed by atoms with van der Waals surface area (Å²) < 4.78 is 10.9. The monoisotopic (exact) mass is 312 g/mol. The van der Waals surface area contributed by atoms with E-state index < -0.39 is 11.4 Å². The van der Waals surface area contributed by atoms with Gasteiger partial charge in [0.15, 0.2) is 0 Å². The van der Waals surface area contributed by atoms with Crippen LogP contribution in [0.25, 0.3) is 0 Å². The Balaban J connectivity index is 2.84. The molecule has 1 saturated carbocycles. The molecule has 0 aromatic heterocycles. The first-order chi connectivity index (χ1) is 9.90. The molecule has 1 fully saturated rings. The molecule has 0 spiro atoms. The molecule has 5 heteroatoms. The summed E-state index contributed by atoms with van der Waals surface area (Å²) in [6.07, 6.45) is 3.03. The van der Waals surface area contributed by atoms with E-state index in [0.29, 0.717) is 34.9 Å². The van der Waals surface area contributed by atoms with Gasteiger partial charge in [-0.2, -0.15) is 0 Å². The number of methoxy groups -OCH3 is 2. The zero-order chi connectivity index (χ0) is 15.8. The third-order valence-electron chi connectivity index (χ3n) is 4.57. The van der Waals surface area contributed by atoms with E-state index in [-0.39, 0.29) is 0 Å². The van der Waals surface area contributed by atoms with Crippen LogP contribution in [0, 0.1) is 13.8 Å². The van der Waals surface area contributed by atoms with Crippen LogP contribution < -0.4 is 9.47 Å². The second-order valence-corrected chi connectivity index (χ2v) is 5.98. The Morgan fingerprint density at radius 1 is 1.10 bits per heavy atom. The number of rotatable bonds is 4. The molecule has 0 radical (unpaired) electrons. The predicted octanol–water partition coefficient (Wildman–Crippen LogP) is 3.87. The van der Waals surface area contributed by atoms with E-state index in [1.807, 2.05) is 13.8 Å². The highest BCUT2D eigenvalue weighted by Gasteiger charge is 2.47. The predicted molar refractivity (Wildman–Crippen MR) is 81.8 cm³/mol. The van der Waals surface area contributed by atoms with E-state index in [2.05, 4.69) is 0 Å². The van der Waals surface area contributed by atoms with Crippen molar-refractivity contribution in [1.82, 2.24) is 0 Å². The van der Waals surface area contributed by atoms with Gasteiger partial charge in [-0.15, -0.1) is 0 Å². The van der Waals surface area contributed by atoms with E-state index in [1.165, 1.54) is 0 Å². The van der Waals surface area contributed by atoms with Gasteiger partial charge < -0.3 is 14.6 Å². The number of aliphatic carboxylic acids is 1. The number of benzene rings is 1. The molecule has 4 nitrogen and oxygen atoms in total. The number of carbonyl (C=O) groups is 1. The molecule has 1 N–H and O–H groups in total. The summed E-state index contributed by atoms with van der Waals surface area (Å²) in [5.41, 5.74) is 1.30. The minimum Gasteiger partial charge on any atom is -0.496 e. The first kappa shape index (κ1) is 16.0. The fourth-order valence-electron chi connectivity index (χ4n) is 3.53. The van der Waals surface area contributed by atoms with Gasteiger partial charge in [0.2, 0.25) is 0 Å². The number of carboxylic acids is 1. The van der Waals surface area contributed by atoms with Gasteiger partial charge >= 0.3 is 5.97 Å². The molecule has 1 aromatic carbocycles. The van der Waals surface area contributed by atoms with Gasteiger partial charge in [0.25, 0.3) is 0 Å². The third-order valence-corrected chi connectivity index (χ3v) is 5.02. The van der Waals surface area contributed by atoms with Gasteiger partial charge in [-0.1, -0.05) is 24.4 Å². The highest BCUT2D eigenvalue weighted by Crippen LogP contribution is 2.51. The average molecular weight is 313 g/mol. The molecule has 0 aliphatic heterocycles. The van der Waals surface area contributed by atoms with Crippen molar-refractivity contribution in [1.29, 1.82) is 0 Å². The van der Waals surface area contributed by atoms with Crippen LogP contribution in [0.5, 0.6) is 11.5 Å². The fraction of sp³-hybridized carbons (Fsp3) is 0.562. The normalized spacial score (nSPS) is 16.8. The summed E-state index contributed by atoms with van der Waals surface area (Å²) in [5, 5.41) is 10.3. The zero-order valence-electron chi connectivity index (χ0n) is 12.9. The van der Waals surface area contributed by atoms with Crippen LogP contribution in [0.1, 0.15) is 42.4 Å². The number of hydrogen-bond donors (Lipinski definition) is 1. The Labute approximate surface area is 130 Å². The molecule has 0 bridgehead atoms. The minimum absolute atomic E-state index is 0.481. The molecule has 1 aromatic rings. The highest BCUT2D eigenvalue weighted by molar-refractivity contribution is 6.33. The Hall–Kier alpha value is -1.42. The van der Waals surface area contributed by atoms with Crippen LogP contribution in [0.15, 0.2) is 0 Å². The minimum atomic E-state index is -0.905. The Morgan fingerprint density at radius 3 is 2.05 bits per heavy atom. The molecule has 21 heavy (non-hydrogen) atoms. The molecule has 2 rings (SSSR count). The summed E-state index contributed by atoms with van der Waals surface area (Å²) in [4.78, 5) is 12.0. The summed E-state index contributed by atoms with van der Waals surface area (Å²) in [7, 11) is 3.10. The third kappa shape index (κ3) is 2.26.